The van der Waals surface area contributed by atoms with Gasteiger partial charge in [0.25, 0.3) is 0 Å². The highest BCUT2D eigenvalue weighted by Crippen LogP contribution is 2.34. The summed E-state index contributed by atoms with van der Waals surface area (Å²) in [5.41, 5.74) is 6.12. The molecule has 0 aliphatic heterocycles. The van der Waals surface area contributed by atoms with Crippen molar-refractivity contribution >= 4 is 20.0 Å². The van der Waals surface area contributed by atoms with Crippen molar-refractivity contribution in [3.8, 4) is 17.2 Å². The maximum atomic E-state index is 6.45. The Kier molecular flexibility index (Phi) is 6.29. The molecule has 0 radical (unpaired) electrons. The highest BCUT2D eigenvalue weighted by molar-refractivity contribution is 8.11. The first-order valence-electron chi connectivity index (χ1n) is 9.68. The van der Waals surface area contributed by atoms with Gasteiger partial charge in [-0.15, -0.1) is 0 Å². The van der Waals surface area contributed by atoms with Gasteiger partial charge < -0.3 is 13.3 Å². The van der Waals surface area contributed by atoms with Crippen molar-refractivity contribution in [2.24, 2.45) is 0 Å². The molecular formula is C24H28O3SSi. The average Bonchev–Trinajstić information content (AvgIpc) is 2.65. The van der Waals surface area contributed by atoms with E-state index >= 15 is 0 Å². The number of thiol groups is 1. The number of rotatable bonds is 6. The smallest absolute Gasteiger partial charge is 0.475 e. The van der Waals surface area contributed by atoms with E-state index in [4.69, 9.17) is 25.4 Å². The first-order valence-corrected chi connectivity index (χ1v) is 12.7. The minimum atomic E-state index is -3.47. The van der Waals surface area contributed by atoms with Crippen LogP contribution in [-0.2, 0) is 0 Å². The number of benzene rings is 3. The van der Waals surface area contributed by atoms with Crippen molar-refractivity contribution in [2.45, 2.75) is 41.5 Å². The van der Waals surface area contributed by atoms with Gasteiger partial charge in [0.15, 0.2) is 0 Å². The second-order valence-corrected chi connectivity index (χ2v) is 10.8. The van der Waals surface area contributed by atoms with E-state index in [2.05, 4.69) is 0 Å². The van der Waals surface area contributed by atoms with Crippen LogP contribution in [0.4, 0.5) is 0 Å². The Bertz CT molecular complexity index is 842. The van der Waals surface area contributed by atoms with Gasteiger partial charge in [0.1, 0.15) is 17.2 Å². The van der Waals surface area contributed by atoms with Gasteiger partial charge in [-0.3, -0.25) is 0 Å². The minimum absolute atomic E-state index is 0.756. The summed E-state index contributed by atoms with van der Waals surface area (Å²) in [5, 5.41) is 0. The number of para-hydroxylation sites is 3. The molecule has 0 heterocycles. The van der Waals surface area contributed by atoms with Gasteiger partial charge in [-0.05, 0) is 74.9 Å². The Morgan fingerprint density at radius 2 is 0.690 bits per heavy atom. The zero-order valence-corrected chi connectivity index (χ0v) is 19.8. The molecule has 0 atom stereocenters. The summed E-state index contributed by atoms with van der Waals surface area (Å²) in [6.45, 7) is 12.1. The second-order valence-electron chi connectivity index (χ2n) is 7.49. The van der Waals surface area contributed by atoms with Crippen LogP contribution in [-0.4, -0.2) is 7.95 Å². The van der Waals surface area contributed by atoms with Crippen molar-refractivity contribution in [3.05, 3.63) is 88.0 Å². The molecule has 0 bridgehead atoms. The van der Waals surface area contributed by atoms with Gasteiger partial charge in [-0.1, -0.05) is 66.7 Å². The molecule has 3 aromatic carbocycles. The lowest BCUT2D eigenvalue weighted by Crippen LogP contribution is -2.50. The molecule has 3 rings (SSSR count). The first kappa shape index (κ1) is 21.3. The van der Waals surface area contributed by atoms with E-state index in [0.29, 0.717) is 0 Å². The number of aryl methyl sites for hydroxylation is 6. The summed E-state index contributed by atoms with van der Waals surface area (Å²) in [6, 6.07) is 18.1. The zero-order chi connectivity index (χ0) is 21.2. The fourth-order valence-corrected chi connectivity index (χ4v) is 6.02. The van der Waals surface area contributed by atoms with Crippen LogP contribution in [0.25, 0.3) is 0 Å². The zero-order valence-electron chi connectivity index (χ0n) is 17.9. The molecule has 0 aliphatic carbocycles. The van der Waals surface area contributed by atoms with E-state index in [-0.39, 0.29) is 0 Å². The van der Waals surface area contributed by atoms with Crippen LogP contribution in [0.15, 0.2) is 54.6 Å². The maximum Gasteiger partial charge on any atom is 0.772 e. The number of hydrogen-bond acceptors (Lipinski definition) is 4. The highest BCUT2D eigenvalue weighted by atomic mass is 32.3. The Morgan fingerprint density at radius 3 is 0.897 bits per heavy atom. The lowest BCUT2D eigenvalue weighted by atomic mass is 10.1. The summed E-state index contributed by atoms with van der Waals surface area (Å²) in [6.07, 6.45) is 0. The van der Waals surface area contributed by atoms with Crippen molar-refractivity contribution in [1.82, 2.24) is 0 Å². The first-order chi connectivity index (χ1) is 13.7. The molecule has 0 spiro atoms. The summed E-state index contributed by atoms with van der Waals surface area (Å²) in [7, 11) is -3.47. The molecule has 29 heavy (non-hydrogen) atoms. The standard InChI is InChI=1S/C24H28O3SSi/c1-16-10-7-11-17(2)22(16)25-29(28,26-23-18(3)12-8-13-19(23)4)27-24-20(5)14-9-15-21(24)6/h7-15,28H,1-6H3. The second kappa shape index (κ2) is 8.55. The molecule has 5 heteroatoms. The third-order valence-corrected chi connectivity index (χ3v) is 7.13. The molecule has 0 aliphatic rings. The molecule has 0 aromatic heterocycles. The lowest BCUT2D eigenvalue weighted by Gasteiger charge is -2.29. The Labute approximate surface area is 180 Å². The van der Waals surface area contributed by atoms with E-state index < -0.39 is 7.95 Å². The van der Waals surface area contributed by atoms with E-state index in [9.17, 15) is 0 Å². The summed E-state index contributed by atoms with van der Waals surface area (Å²) in [5.74, 6) is 2.27. The van der Waals surface area contributed by atoms with E-state index in [1.54, 1.807) is 0 Å². The van der Waals surface area contributed by atoms with Gasteiger partial charge in [0.2, 0.25) is 0 Å². The SMILES string of the molecule is Cc1cccc(C)c1O[Si](S)(Oc1c(C)cccc1C)Oc1c(C)cccc1C. The molecule has 3 nitrogen and oxygen atoms in total. The lowest BCUT2D eigenvalue weighted by molar-refractivity contribution is 0.290. The topological polar surface area (TPSA) is 27.7 Å². The predicted molar refractivity (Wildman–Crippen MR) is 124 cm³/mol. The highest BCUT2D eigenvalue weighted by Gasteiger charge is 2.47. The van der Waals surface area contributed by atoms with Crippen LogP contribution < -0.4 is 13.3 Å². The average molecular weight is 425 g/mol. The van der Waals surface area contributed by atoms with E-state index in [0.717, 1.165) is 50.6 Å². The van der Waals surface area contributed by atoms with Crippen LogP contribution in [0.3, 0.4) is 0 Å². The van der Waals surface area contributed by atoms with Gasteiger partial charge in [0, 0.05) is 0 Å². The summed E-state index contributed by atoms with van der Waals surface area (Å²) in [4.78, 5) is 0. The molecule has 0 saturated heterocycles. The Morgan fingerprint density at radius 1 is 0.483 bits per heavy atom. The van der Waals surface area contributed by atoms with Crippen LogP contribution >= 0.6 is 12.1 Å². The van der Waals surface area contributed by atoms with Crippen LogP contribution in [0.2, 0.25) is 0 Å². The van der Waals surface area contributed by atoms with Gasteiger partial charge in [-0.25, -0.2) is 0 Å². The predicted octanol–water partition coefficient (Wildman–Crippen LogP) is 6.44. The van der Waals surface area contributed by atoms with Crippen molar-refractivity contribution in [1.29, 1.82) is 0 Å². The van der Waals surface area contributed by atoms with Gasteiger partial charge in [-0.2, -0.15) is 0 Å². The molecule has 0 saturated carbocycles. The van der Waals surface area contributed by atoms with Crippen LogP contribution in [0, 0.1) is 41.5 Å². The maximum absolute atomic E-state index is 6.45. The summed E-state index contributed by atoms with van der Waals surface area (Å²) >= 11 is 4.91. The number of hydrogen-bond donors (Lipinski definition) is 1. The molecule has 0 fully saturated rings. The van der Waals surface area contributed by atoms with Crippen molar-refractivity contribution in [3.63, 3.8) is 0 Å². The van der Waals surface area contributed by atoms with E-state index in [1.807, 2.05) is 96.1 Å². The Balaban J connectivity index is 2.07. The molecular weight excluding hydrogens is 396 g/mol. The van der Waals surface area contributed by atoms with Gasteiger partial charge >= 0.3 is 7.95 Å². The van der Waals surface area contributed by atoms with E-state index in [1.165, 1.54) is 0 Å². The molecule has 0 unspecified atom stereocenters. The van der Waals surface area contributed by atoms with Gasteiger partial charge in [0.05, 0.1) is 0 Å². The third kappa shape index (κ3) is 4.79. The quantitative estimate of drug-likeness (QED) is 0.364. The van der Waals surface area contributed by atoms with Crippen LogP contribution in [0.5, 0.6) is 17.2 Å². The third-order valence-electron chi connectivity index (χ3n) is 4.92. The summed E-state index contributed by atoms with van der Waals surface area (Å²) < 4.78 is 19.4. The molecule has 152 valence electrons. The monoisotopic (exact) mass is 424 g/mol. The fraction of sp³-hybridized carbons (Fsp3) is 0.250. The molecule has 0 amide bonds. The van der Waals surface area contributed by atoms with Crippen molar-refractivity contribution in [2.75, 3.05) is 0 Å². The normalized spacial score (nSPS) is 11.3. The fourth-order valence-electron chi connectivity index (χ4n) is 3.33. The minimum Gasteiger partial charge on any atom is -0.475 e. The largest absolute Gasteiger partial charge is 0.772 e. The molecule has 3 aromatic rings. The van der Waals surface area contributed by atoms with Crippen molar-refractivity contribution < 1.29 is 13.3 Å². The Hall–Kier alpha value is -2.37. The van der Waals surface area contributed by atoms with Crippen LogP contribution in [0.1, 0.15) is 33.4 Å². The molecule has 0 N–H and O–H groups in total.